The zero-order valence-electron chi connectivity index (χ0n) is 13.0. The van der Waals surface area contributed by atoms with Crippen LogP contribution in [-0.2, 0) is 14.3 Å². The van der Waals surface area contributed by atoms with E-state index in [1.807, 2.05) is 24.3 Å². The lowest BCUT2D eigenvalue weighted by Gasteiger charge is -2.13. The number of amides is 1. The molecule has 0 aliphatic rings. The largest absolute Gasteiger partial charge is 0.493 e. The summed E-state index contributed by atoms with van der Waals surface area (Å²) in [6.45, 7) is 1.64. The molecular weight excluding hydrogens is 328 g/mol. The van der Waals surface area contributed by atoms with Crippen LogP contribution in [0.3, 0.4) is 0 Å². The van der Waals surface area contributed by atoms with Crippen LogP contribution in [-0.4, -0.2) is 24.6 Å². The quantitative estimate of drug-likeness (QED) is 0.780. The van der Waals surface area contributed by atoms with E-state index in [9.17, 15) is 9.59 Å². The van der Waals surface area contributed by atoms with E-state index in [0.29, 0.717) is 16.3 Å². The van der Waals surface area contributed by atoms with Crippen LogP contribution in [0.4, 0.5) is 5.00 Å². The second-order valence-electron chi connectivity index (χ2n) is 4.81. The third kappa shape index (κ3) is 5.11. The molecule has 0 fully saturated rings. The summed E-state index contributed by atoms with van der Waals surface area (Å²) in [5.41, 5.74) is 0.378. The summed E-state index contributed by atoms with van der Waals surface area (Å²) in [5, 5.41) is 13.6. The van der Waals surface area contributed by atoms with Crippen molar-refractivity contribution in [2.45, 2.75) is 19.4 Å². The molecule has 0 bridgehead atoms. The molecule has 2 aromatic rings. The fraction of sp³-hybridized carbons (Fsp3) is 0.235. The summed E-state index contributed by atoms with van der Waals surface area (Å²) < 4.78 is 10.5. The maximum Gasteiger partial charge on any atom is 0.310 e. The highest BCUT2D eigenvalue weighted by molar-refractivity contribution is 7.14. The molecule has 24 heavy (non-hydrogen) atoms. The molecule has 0 aliphatic carbocycles. The van der Waals surface area contributed by atoms with Crippen molar-refractivity contribution < 1.29 is 19.1 Å². The average molecular weight is 344 g/mol. The first-order chi connectivity index (χ1) is 11.6. The minimum absolute atomic E-state index is 0.0367. The lowest BCUT2D eigenvalue weighted by Crippen LogP contribution is -2.30. The SMILES string of the molecule is CC(OC(=O)CCOc1ccccc1)C(=O)Nc1sccc1C#N. The zero-order chi connectivity index (χ0) is 17.4. The van der Waals surface area contributed by atoms with Crippen molar-refractivity contribution in [1.29, 1.82) is 5.26 Å². The average Bonchev–Trinajstić information content (AvgIpc) is 3.02. The molecule has 2 rings (SSSR count). The lowest BCUT2D eigenvalue weighted by molar-refractivity contribution is -0.153. The molecule has 1 aromatic heterocycles. The molecule has 124 valence electrons. The fourth-order valence-electron chi connectivity index (χ4n) is 1.79. The van der Waals surface area contributed by atoms with Crippen LogP contribution in [0.25, 0.3) is 0 Å². The molecular formula is C17H16N2O4S. The van der Waals surface area contributed by atoms with E-state index in [2.05, 4.69) is 5.32 Å². The van der Waals surface area contributed by atoms with Crippen molar-refractivity contribution in [1.82, 2.24) is 0 Å². The molecule has 1 unspecified atom stereocenters. The van der Waals surface area contributed by atoms with Crippen molar-refractivity contribution in [2.75, 3.05) is 11.9 Å². The van der Waals surface area contributed by atoms with E-state index in [1.165, 1.54) is 18.3 Å². The van der Waals surface area contributed by atoms with Crippen molar-refractivity contribution in [3.8, 4) is 11.8 Å². The molecule has 7 heteroatoms. The minimum Gasteiger partial charge on any atom is -0.493 e. The predicted molar refractivity (Wildman–Crippen MR) is 89.8 cm³/mol. The number of rotatable bonds is 7. The van der Waals surface area contributed by atoms with E-state index in [4.69, 9.17) is 14.7 Å². The smallest absolute Gasteiger partial charge is 0.310 e. The number of carbonyl (C=O) groups is 2. The Balaban J connectivity index is 1.74. The van der Waals surface area contributed by atoms with Gasteiger partial charge in [0.05, 0.1) is 18.6 Å². The Kier molecular flexibility index (Phi) is 6.34. The van der Waals surface area contributed by atoms with Crippen LogP contribution < -0.4 is 10.1 Å². The maximum atomic E-state index is 12.0. The number of nitriles is 1. The van der Waals surface area contributed by atoms with E-state index in [0.717, 1.165) is 0 Å². The van der Waals surface area contributed by atoms with Gasteiger partial charge < -0.3 is 14.8 Å². The summed E-state index contributed by atoms with van der Waals surface area (Å²) in [6.07, 6.45) is -0.919. The Bertz CT molecular complexity index is 737. The normalized spacial score (nSPS) is 11.2. The van der Waals surface area contributed by atoms with E-state index < -0.39 is 18.0 Å². The molecule has 1 N–H and O–H groups in total. The van der Waals surface area contributed by atoms with Gasteiger partial charge in [-0.05, 0) is 30.5 Å². The number of thiophene rings is 1. The van der Waals surface area contributed by atoms with Crippen LogP contribution in [0.1, 0.15) is 18.9 Å². The summed E-state index contributed by atoms with van der Waals surface area (Å²) >= 11 is 1.24. The molecule has 1 amide bonds. The molecule has 0 aliphatic heterocycles. The number of nitrogens with one attached hydrogen (secondary N) is 1. The second-order valence-corrected chi connectivity index (χ2v) is 5.72. The number of ether oxygens (including phenoxy) is 2. The third-order valence-corrected chi connectivity index (χ3v) is 3.85. The number of nitrogens with zero attached hydrogens (tertiary/aromatic N) is 1. The highest BCUT2D eigenvalue weighted by Gasteiger charge is 2.19. The molecule has 6 nitrogen and oxygen atoms in total. The van der Waals surface area contributed by atoms with Gasteiger partial charge in [0.2, 0.25) is 0 Å². The van der Waals surface area contributed by atoms with Crippen molar-refractivity contribution in [3.63, 3.8) is 0 Å². The monoisotopic (exact) mass is 344 g/mol. The summed E-state index contributed by atoms with van der Waals surface area (Å²) in [6, 6.07) is 12.7. The van der Waals surface area contributed by atoms with E-state index >= 15 is 0 Å². The van der Waals surface area contributed by atoms with Crippen LogP contribution in [0.15, 0.2) is 41.8 Å². The van der Waals surface area contributed by atoms with Gasteiger partial charge in [0, 0.05) is 0 Å². The first kappa shape index (κ1) is 17.5. The van der Waals surface area contributed by atoms with Crippen molar-refractivity contribution in [2.24, 2.45) is 0 Å². The van der Waals surface area contributed by atoms with Crippen LogP contribution in [0.2, 0.25) is 0 Å². The Morgan fingerprint density at radius 1 is 1.29 bits per heavy atom. The van der Waals surface area contributed by atoms with Crippen LogP contribution >= 0.6 is 11.3 Å². The number of carbonyl (C=O) groups excluding carboxylic acids is 2. The first-order valence-electron chi connectivity index (χ1n) is 7.26. The fourth-order valence-corrected chi connectivity index (χ4v) is 2.53. The van der Waals surface area contributed by atoms with Gasteiger partial charge >= 0.3 is 5.97 Å². The number of benzene rings is 1. The molecule has 1 heterocycles. The van der Waals surface area contributed by atoms with Crippen molar-refractivity contribution >= 4 is 28.2 Å². The maximum absolute atomic E-state index is 12.0. The summed E-state index contributed by atoms with van der Waals surface area (Å²) in [4.78, 5) is 23.7. The van der Waals surface area contributed by atoms with Gasteiger partial charge in [-0.3, -0.25) is 9.59 Å². The first-order valence-corrected chi connectivity index (χ1v) is 8.14. The van der Waals surface area contributed by atoms with Gasteiger partial charge in [0.1, 0.15) is 16.8 Å². The number of anilines is 1. The van der Waals surface area contributed by atoms with Gasteiger partial charge in [-0.2, -0.15) is 5.26 Å². The standard InChI is InChI=1S/C17H16N2O4S/c1-12(16(21)19-17-13(11-18)8-10-24-17)23-15(20)7-9-22-14-5-3-2-4-6-14/h2-6,8,10,12H,7,9H2,1H3,(H,19,21). The highest BCUT2D eigenvalue weighted by Crippen LogP contribution is 2.22. The van der Waals surface area contributed by atoms with Crippen LogP contribution in [0.5, 0.6) is 5.75 Å². The number of hydrogen-bond acceptors (Lipinski definition) is 6. The van der Waals surface area contributed by atoms with Crippen LogP contribution in [0, 0.1) is 11.3 Å². The summed E-state index contributed by atoms with van der Waals surface area (Å²) in [7, 11) is 0. The lowest BCUT2D eigenvalue weighted by atomic mass is 10.3. The molecule has 0 spiro atoms. The molecule has 1 aromatic carbocycles. The van der Waals surface area contributed by atoms with E-state index in [-0.39, 0.29) is 13.0 Å². The summed E-state index contributed by atoms with van der Waals surface area (Å²) in [5.74, 6) is -0.343. The Morgan fingerprint density at radius 3 is 2.75 bits per heavy atom. The third-order valence-electron chi connectivity index (χ3n) is 3.02. The minimum atomic E-state index is -0.956. The molecule has 0 saturated carbocycles. The molecule has 1 atom stereocenters. The predicted octanol–water partition coefficient (Wildman–Crippen LogP) is 2.96. The van der Waals surface area contributed by atoms with Gasteiger partial charge in [0.25, 0.3) is 5.91 Å². The Morgan fingerprint density at radius 2 is 2.04 bits per heavy atom. The topological polar surface area (TPSA) is 88.4 Å². The molecule has 0 radical (unpaired) electrons. The Hall–Kier alpha value is -2.85. The molecule has 0 saturated heterocycles. The van der Waals surface area contributed by atoms with Gasteiger partial charge in [-0.25, -0.2) is 0 Å². The van der Waals surface area contributed by atoms with Crippen molar-refractivity contribution in [3.05, 3.63) is 47.3 Å². The second kappa shape index (κ2) is 8.70. The van der Waals surface area contributed by atoms with Gasteiger partial charge in [-0.15, -0.1) is 11.3 Å². The number of esters is 1. The number of para-hydroxylation sites is 1. The van der Waals surface area contributed by atoms with E-state index in [1.54, 1.807) is 23.6 Å². The number of hydrogen-bond donors (Lipinski definition) is 1. The van der Waals surface area contributed by atoms with Gasteiger partial charge in [-0.1, -0.05) is 18.2 Å². The Labute approximate surface area is 143 Å². The zero-order valence-corrected chi connectivity index (χ0v) is 13.8. The van der Waals surface area contributed by atoms with Gasteiger partial charge in [0.15, 0.2) is 6.10 Å². The highest BCUT2D eigenvalue weighted by atomic mass is 32.1.